The van der Waals surface area contributed by atoms with E-state index in [1.165, 1.54) is 11.7 Å². The summed E-state index contributed by atoms with van der Waals surface area (Å²) in [6.07, 6.45) is -0.360. The molecule has 1 aliphatic heterocycles. The van der Waals surface area contributed by atoms with Gasteiger partial charge in [0.25, 0.3) is 0 Å². The summed E-state index contributed by atoms with van der Waals surface area (Å²) in [6.45, 7) is 33.8. The van der Waals surface area contributed by atoms with Gasteiger partial charge in [-0.05, 0) is 60.5 Å². The highest BCUT2D eigenvalue weighted by Crippen LogP contribution is 2.46. The number of hydrogen-bond acceptors (Lipinski definition) is 8. The van der Waals surface area contributed by atoms with Crippen LogP contribution in [0.25, 0.3) is 0 Å². The molecule has 1 N–H and O–H groups in total. The molecule has 2 rings (SSSR count). The van der Waals surface area contributed by atoms with Crippen molar-refractivity contribution in [3.8, 4) is 0 Å². The molecule has 1 saturated heterocycles. The van der Waals surface area contributed by atoms with Crippen LogP contribution in [-0.2, 0) is 22.9 Å². The molecule has 232 valence electrons. The molecular weight excluding hydrogens is 559 g/mol. The summed E-state index contributed by atoms with van der Waals surface area (Å²) in [4.78, 5) is 22.4. The van der Waals surface area contributed by atoms with E-state index in [2.05, 4.69) is 112 Å². The van der Waals surface area contributed by atoms with Crippen LogP contribution in [-0.4, -0.2) is 66.5 Å². The van der Waals surface area contributed by atoms with Crippen molar-refractivity contribution in [2.45, 2.75) is 141 Å². The molecule has 2 heterocycles. The van der Waals surface area contributed by atoms with Gasteiger partial charge in [-0.3, -0.25) is 9.40 Å². The zero-order chi connectivity index (χ0) is 31.1. The van der Waals surface area contributed by atoms with Crippen LogP contribution < -0.4 is 11.2 Å². The topological polar surface area (TPSA) is 93.1 Å². The Balaban J connectivity index is 2.66. The minimum absolute atomic E-state index is 0.0245. The molecular formula is C28H57N3O6Si3. The van der Waals surface area contributed by atoms with Crippen molar-refractivity contribution in [3.63, 3.8) is 0 Å². The lowest BCUT2D eigenvalue weighted by molar-refractivity contribution is -0.0509. The molecule has 0 saturated carbocycles. The second kappa shape index (κ2) is 12.0. The van der Waals surface area contributed by atoms with Crippen molar-refractivity contribution in [1.82, 2.24) is 9.55 Å². The number of rotatable bonds is 10. The predicted molar refractivity (Wildman–Crippen MR) is 170 cm³/mol. The van der Waals surface area contributed by atoms with Gasteiger partial charge in [-0.25, -0.2) is 10.3 Å². The van der Waals surface area contributed by atoms with Crippen molar-refractivity contribution in [1.29, 1.82) is 0 Å². The second-order valence-electron chi connectivity index (χ2n) is 15.6. The predicted octanol–water partition coefficient (Wildman–Crippen LogP) is 6.92. The Hall–Kier alpha value is -0.869. The van der Waals surface area contributed by atoms with Crippen LogP contribution in [0.15, 0.2) is 17.1 Å². The summed E-state index contributed by atoms with van der Waals surface area (Å²) in [5, 5.41) is -0.0313. The molecule has 4 atom stereocenters. The fraction of sp³-hybridized carbons (Fsp3) is 0.857. The van der Waals surface area contributed by atoms with Gasteiger partial charge in [-0.2, -0.15) is 4.98 Å². The van der Waals surface area contributed by atoms with Gasteiger partial charge in [-0.1, -0.05) is 62.3 Å². The Morgan fingerprint density at radius 2 is 1.32 bits per heavy atom. The SMILES string of the molecule is CONc1ccn([C@@H]2O[C@H](CO[Si](C)(C)C(C)(C)C)[C@H](O[Si](C)(C)C(C)(C)C)C2O[Si](C)(C)C(C)(C)C)c(=O)n1. The van der Waals surface area contributed by atoms with Crippen LogP contribution in [0.5, 0.6) is 0 Å². The van der Waals surface area contributed by atoms with Gasteiger partial charge in [-0.15, -0.1) is 0 Å². The average Bonchev–Trinajstić information content (AvgIpc) is 3.06. The van der Waals surface area contributed by atoms with Crippen LogP contribution >= 0.6 is 0 Å². The van der Waals surface area contributed by atoms with Crippen molar-refractivity contribution in [2.24, 2.45) is 0 Å². The van der Waals surface area contributed by atoms with E-state index in [0.717, 1.165) is 0 Å². The van der Waals surface area contributed by atoms with Crippen LogP contribution in [0.2, 0.25) is 54.4 Å². The summed E-state index contributed by atoms with van der Waals surface area (Å²) in [6, 6.07) is 1.70. The first kappa shape index (κ1) is 35.3. The van der Waals surface area contributed by atoms with E-state index >= 15 is 0 Å². The largest absolute Gasteiger partial charge is 0.414 e. The highest BCUT2D eigenvalue weighted by atomic mass is 28.4. The van der Waals surface area contributed by atoms with Crippen molar-refractivity contribution in [2.75, 3.05) is 19.2 Å². The highest BCUT2D eigenvalue weighted by Gasteiger charge is 2.55. The van der Waals surface area contributed by atoms with Gasteiger partial charge in [0.05, 0.1) is 13.7 Å². The first-order chi connectivity index (χ1) is 17.8. The smallest absolute Gasteiger partial charge is 0.351 e. The molecule has 9 nitrogen and oxygen atoms in total. The van der Waals surface area contributed by atoms with Crippen LogP contribution in [0.4, 0.5) is 5.82 Å². The van der Waals surface area contributed by atoms with E-state index in [9.17, 15) is 4.79 Å². The molecule has 1 aromatic heterocycles. The van der Waals surface area contributed by atoms with Gasteiger partial charge in [0.15, 0.2) is 37.0 Å². The number of anilines is 1. The van der Waals surface area contributed by atoms with E-state index in [-0.39, 0.29) is 15.1 Å². The number of nitrogens with zero attached hydrogens (tertiary/aromatic N) is 2. The Morgan fingerprint density at radius 3 is 1.75 bits per heavy atom. The fourth-order valence-electron chi connectivity index (χ4n) is 3.64. The lowest BCUT2D eigenvalue weighted by Crippen LogP contribution is -2.54. The van der Waals surface area contributed by atoms with Gasteiger partial charge in [0.1, 0.15) is 18.3 Å². The average molecular weight is 616 g/mol. The van der Waals surface area contributed by atoms with Gasteiger partial charge in [0, 0.05) is 6.20 Å². The third kappa shape index (κ3) is 7.94. The van der Waals surface area contributed by atoms with Crippen molar-refractivity contribution < 1.29 is 22.9 Å². The molecule has 1 aromatic rings. The van der Waals surface area contributed by atoms with Gasteiger partial charge in [0.2, 0.25) is 0 Å². The second-order valence-corrected chi connectivity index (χ2v) is 30.0. The van der Waals surface area contributed by atoms with E-state index in [0.29, 0.717) is 12.4 Å². The molecule has 1 fully saturated rings. The quantitative estimate of drug-likeness (QED) is 0.224. The summed E-state index contributed by atoms with van der Waals surface area (Å²) in [5.41, 5.74) is 2.18. The van der Waals surface area contributed by atoms with Crippen LogP contribution in [0, 0.1) is 0 Å². The Kier molecular flexibility index (Phi) is 10.6. The summed E-state index contributed by atoms with van der Waals surface area (Å²) in [7, 11) is -5.19. The van der Waals surface area contributed by atoms with Gasteiger partial charge < -0.3 is 18.0 Å². The number of hydrogen-bond donors (Lipinski definition) is 1. The number of ether oxygens (including phenoxy) is 1. The molecule has 0 bridgehead atoms. The lowest BCUT2D eigenvalue weighted by atomic mass is 10.1. The normalized spacial score (nSPS) is 23.5. The maximum atomic E-state index is 13.3. The molecule has 0 aliphatic carbocycles. The Labute approximate surface area is 246 Å². The van der Waals surface area contributed by atoms with Crippen molar-refractivity contribution in [3.05, 3.63) is 22.7 Å². The number of nitrogens with one attached hydrogen (secondary N) is 1. The molecule has 0 spiro atoms. The molecule has 0 aromatic carbocycles. The first-order valence-corrected chi connectivity index (χ1v) is 23.1. The van der Waals surface area contributed by atoms with E-state index < -0.39 is 55.2 Å². The monoisotopic (exact) mass is 615 g/mol. The van der Waals surface area contributed by atoms with Crippen LogP contribution in [0.3, 0.4) is 0 Å². The zero-order valence-electron chi connectivity index (χ0n) is 28.0. The lowest BCUT2D eigenvalue weighted by Gasteiger charge is -2.44. The maximum absolute atomic E-state index is 13.3. The van der Waals surface area contributed by atoms with Crippen LogP contribution in [0.1, 0.15) is 68.5 Å². The number of aromatic nitrogens is 2. The minimum atomic E-state index is -2.31. The summed E-state index contributed by atoms with van der Waals surface area (Å²) in [5.74, 6) is 0.329. The standard InChI is InChI=1S/C28H57N3O6Si3/c1-26(2,3)38(11,12)34-19-20-22(36-39(13,14)27(4,5)6)23(37-40(15,16)28(7,8)9)24(35-20)31-18-17-21(30-33-10)29-25(31)32/h17-18,20,22-24H,19H2,1-16H3,(H,29,30,32)/t20-,22+,23?,24-/m1/s1. The van der Waals surface area contributed by atoms with Gasteiger partial charge >= 0.3 is 5.69 Å². The van der Waals surface area contributed by atoms with E-state index in [1.807, 2.05) is 0 Å². The molecule has 0 radical (unpaired) electrons. The van der Waals surface area contributed by atoms with Crippen molar-refractivity contribution >= 4 is 30.8 Å². The fourth-order valence-corrected chi connectivity index (χ4v) is 7.26. The highest BCUT2D eigenvalue weighted by molar-refractivity contribution is 6.75. The molecule has 12 heteroatoms. The molecule has 0 amide bonds. The minimum Gasteiger partial charge on any atom is -0.414 e. The first-order valence-electron chi connectivity index (χ1n) is 14.4. The molecule has 40 heavy (non-hydrogen) atoms. The van der Waals surface area contributed by atoms with E-state index in [4.69, 9.17) is 22.9 Å². The van der Waals surface area contributed by atoms with E-state index in [1.54, 1.807) is 12.3 Å². The Morgan fingerprint density at radius 1 is 0.850 bits per heavy atom. The summed E-state index contributed by atoms with van der Waals surface area (Å²) >= 11 is 0. The summed E-state index contributed by atoms with van der Waals surface area (Å²) < 4.78 is 29.2. The zero-order valence-corrected chi connectivity index (χ0v) is 31.0. The molecule has 1 aliphatic rings. The third-order valence-electron chi connectivity index (χ3n) is 9.48. The third-order valence-corrected chi connectivity index (χ3v) is 22.9. The Bertz CT molecular complexity index is 1060. The molecule has 1 unspecified atom stereocenters. The maximum Gasteiger partial charge on any atom is 0.351 e.